The van der Waals surface area contributed by atoms with E-state index in [-0.39, 0.29) is 12.1 Å². The van der Waals surface area contributed by atoms with Gasteiger partial charge in [0.25, 0.3) is 0 Å². The molecule has 0 spiro atoms. The second-order valence-electron chi connectivity index (χ2n) is 3.77. The van der Waals surface area contributed by atoms with Crippen LogP contribution in [0.15, 0.2) is 0 Å². The lowest BCUT2D eigenvalue weighted by atomic mass is 10.0. The molecule has 0 saturated carbocycles. The highest BCUT2D eigenvalue weighted by Crippen LogP contribution is 2.28. The molecule has 2 unspecified atom stereocenters. The normalized spacial score (nSPS) is 39.6. The Balaban J connectivity index is 1.93. The van der Waals surface area contributed by atoms with E-state index in [1.165, 1.54) is 19.8 Å². The lowest BCUT2D eigenvalue weighted by molar-refractivity contribution is -0.148. The van der Waals surface area contributed by atoms with Crippen molar-refractivity contribution in [3.05, 3.63) is 0 Å². The Morgan fingerprint density at radius 2 is 2.08 bits per heavy atom. The van der Waals surface area contributed by atoms with Gasteiger partial charge in [-0.05, 0) is 25.7 Å². The molecule has 2 fully saturated rings. The Morgan fingerprint density at radius 1 is 1.33 bits per heavy atom. The summed E-state index contributed by atoms with van der Waals surface area (Å²) >= 11 is 0. The van der Waals surface area contributed by atoms with Gasteiger partial charge in [-0.15, -0.1) is 0 Å². The predicted molar refractivity (Wildman–Crippen MR) is 44.7 cm³/mol. The number of piperidine rings is 1. The number of carbonyl (C=O) groups is 1. The highest BCUT2D eigenvalue weighted by molar-refractivity contribution is 5.66. The lowest BCUT2D eigenvalue weighted by Gasteiger charge is -2.29. The predicted octanol–water partition coefficient (Wildman–Crippen LogP) is 0.833. The van der Waals surface area contributed by atoms with E-state index in [0.29, 0.717) is 12.1 Å². The van der Waals surface area contributed by atoms with E-state index >= 15 is 0 Å². The van der Waals surface area contributed by atoms with Gasteiger partial charge in [0.15, 0.2) is 0 Å². The second kappa shape index (κ2) is 3.05. The van der Waals surface area contributed by atoms with E-state index in [4.69, 9.17) is 4.74 Å². The first-order chi connectivity index (χ1) is 5.75. The first-order valence-corrected chi connectivity index (χ1v) is 4.69. The molecule has 0 aromatic carbocycles. The van der Waals surface area contributed by atoms with Crippen LogP contribution in [0.2, 0.25) is 0 Å². The monoisotopic (exact) mass is 169 g/mol. The van der Waals surface area contributed by atoms with E-state index in [1.807, 2.05) is 0 Å². The van der Waals surface area contributed by atoms with E-state index in [1.54, 1.807) is 0 Å². The Morgan fingerprint density at radius 3 is 2.83 bits per heavy atom. The van der Waals surface area contributed by atoms with Gasteiger partial charge in [-0.3, -0.25) is 4.79 Å². The van der Waals surface area contributed by atoms with Crippen LogP contribution in [-0.2, 0) is 9.53 Å². The van der Waals surface area contributed by atoms with Crippen molar-refractivity contribution in [2.45, 2.75) is 50.8 Å². The molecule has 2 aliphatic rings. The van der Waals surface area contributed by atoms with Crippen LogP contribution in [0.4, 0.5) is 0 Å². The van der Waals surface area contributed by atoms with Crippen LogP contribution in [0.3, 0.4) is 0 Å². The number of ether oxygens (including phenoxy) is 1. The molecule has 3 nitrogen and oxygen atoms in total. The fourth-order valence-electron chi connectivity index (χ4n) is 2.29. The zero-order valence-corrected chi connectivity index (χ0v) is 7.38. The Labute approximate surface area is 72.5 Å². The number of esters is 1. The average Bonchev–Trinajstić information content (AvgIpc) is 2.39. The highest BCUT2D eigenvalue weighted by Gasteiger charge is 2.36. The van der Waals surface area contributed by atoms with Crippen LogP contribution >= 0.6 is 0 Å². The molecule has 3 heteroatoms. The molecule has 2 heterocycles. The van der Waals surface area contributed by atoms with Crippen LogP contribution in [0.1, 0.15) is 32.6 Å². The minimum atomic E-state index is -0.146. The van der Waals surface area contributed by atoms with Crippen LogP contribution in [0.25, 0.3) is 0 Å². The van der Waals surface area contributed by atoms with E-state index in [2.05, 4.69) is 5.32 Å². The van der Waals surface area contributed by atoms with Crippen molar-refractivity contribution >= 4 is 5.97 Å². The maximum atomic E-state index is 10.7. The molecule has 0 aliphatic carbocycles. The summed E-state index contributed by atoms with van der Waals surface area (Å²) in [5.74, 6) is -0.146. The van der Waals surface area contributed by atoms with Gasteiger partial charge in [0.2, 0.25) is 0 Å². The average molecular weight is 169 g/mol. The third kappa shape index (κ3) is 1.46. The van der Waals surface area contributed by atoms with Gasteiger partial charge in [0.1, 0.15) is 6.10 Å². The maximum Gasteiger partial charge on any atom is 0.302 e. The molecule has 0 radical (unpaired) electrons. The quantitative estimate of drug-likeness (QED) is 0.591. The molecule has 68 valence electrons. The zero-order chi connectivity index (χ0) is 8.55. The van der Waals surface area contributed by atoms with Crippen LogP contribution in [0.5, 0.6) is 0 Å². The van der Waals surface area contributed by atoms with Crippen molar-refractivity contribution in [1.29, 1.82) is 0 Å². The fraction of sp³-hybridized carbons (Fsp3) is 0.889. The molecule has 1 N–H and O–H groups in total. The molecular formula is C9H15NO2. The molecule has 2 aliphatic heterocycles. The molecular weight excluding hydrogens is 154 g/mol. The number of hydrogen-bond acceptors (Lipinski definition) is 3. The Hall–Kier alpha value is -0.570. The van der Waals surface area contributed by atoms with Gasteiger partial charge in [0.05, 0.1) is 0 Å². The van der Waals surface area contributed by atoms with Crippen LogP contribution in [0, 0.1) is 0 Å². The van der Waals surface area contributed by atoms with Gasteiger partial charge in [-0.25, -0.2) is 0 Å². The summed E-state index contributed by atoms with van der Waals surface area (Å²) in [4.78, 5) is 10.7. The van der Waals surface area contributed by atoms with Gasteiger partial charge in [0, 0.05) is 19.0 Å². The summed E-state index contributed by atoms with van der Waals surface area (Å²) in [6.07, 6.45) is 4.77. The zero-order valence-electron chi connectivity index (χ0n) is 7.38. The summed E-state index contributed by atoms with van der Waals surface area (Å²) in [7, 11) is 0. The minimum absolute atomic E-state index is 0.140. The molecule has 0 aromatic rings. The summed E-state index contributed by atoms with van der Waals surface area (Å²) < 4.78 is 5.22. The second-order valence-corrected chi connectivity index (χ2v) is 3.77. The van der Waals surface area contributed by atoms with Crippen molar-refractivity contribution in [3.63, 3.8) is 0 Å². The standard InChI is InChI=1S/C9H15NO2/c1-6(11)12-9-5-3-7-2-4-8(9)10-7/h7-10H,2-5H2,1H3/t7?,8?,9-/m1/s1. The van der Waals surface area contributed by atoms with E-state index in [9.17, 15) is 4.79 Å². The maximum absolute atomic E-state index is 10.7. The minimum Gasteiger partial charge on any atom is -0.461 e. The van der Waals surface area contributed by atoms with Gasteiger partial charge in [-0.1, -0.05) is 0 Å². The molecule has 0 amide bonds. The summed E-state index contributed by atoms with van der Waals surface area (Å²) in [5, 5.41) is 3.47. The number of hydrogen-bond donors (Lipinski definition) is 1. The number of rotatable bonds is 1. The third-order valence-electron chi connectivity index (χ3n) is 2.84. The first-order valence-electron chi connectivity index (χ1n) is 4.69. The lowest BCUT2D eigenvalue weighted by Crippen LogP contribution is -2.45. The summed E-state index contributed by atoms with van der Waals surface area (Å²) in [5.41, 5.74) is 0. The van der Waals surface area contributed by atoms with Crippen LogP contribution in [-0.4, -0.2) is 24.2 Å². The number of carbonyl (C=O) groups excluding carboxylic acids is 1. The SMILES string of the molecule is CC(=O)O[C@@H]1CCC2CCC1N2. The van der Waals surface area contributed by atoms with Gasteiger partial charge >= 0.3 is 5.97 Å². The van der Waals surface area contributed by atoms with Crippen molar-refractivity contribution in [2.75, 3.05) is 0 Å². The first kappa shape index (κ1) is 8.05. The molecule has 0 aromatic heterocycles. The number of nitrogens with one attached hydrogen (secondary N) is 1. The molecule has 3 atom stereocenters. The van der Waals surface area contributed by atoms with Crippen molar-refractivity contribution in [2.24, 2.45) is 0 Å². The molecule has 12 heavy (non-hydrogen) atoms. The smallest absolute Gasteiger partial charge is 0.302 e. The largest absolute Gasteiger partial charge is 0.461 e. The van der Waals surface area contributed by atoms with E-state index in [0.717, 1.165) is 12.8 Å². The third-order valence-corrected chi connectivity index (χ3v) is 2.84. The number of fused-ring (bicyclic) bond motifs is 2. The van der Waals surface area contributed by atoms with Gasteiger partial charge < -0.3 is 10.1 Å². The van der Waals surface area contributed by atoms with Crippen LogP contribution < -0.4 is 5.32 Å². The van der Waals surface area contributed by atoms with Crippen molar-refractivity contribution in [1.82, 2.24) is 5.32 Å². The fourth-order valence-corrected chi connectivity index (χ4v) is 2.29. The molecule has 2 rings (SSSR count). The molecule has 2 bridgehead atoms. The molecule has 2 saturated heterocycles. The topological polar surface area (TPSA) is 38.3 Å². The highest BCUT2D eigenvalue weighted by atomic mass is 16.5. The Bertz CT molecular complexity index is 193. The van der Waals surface area contributed by atoms with Crippen molar-refractivity contribution < 1.29 is 9.53 Å². The Kier molecular flexibility index (Phi) is 2.05. The van der Waals surface area contributed by atoms with Gasteiger partial charge in [-0.2, -0.15) is 0 Å². The summed E-state index contributed by atoms with van der Waals surface area (Å²) in [6, 6.07) is 1.13. The summed E-state index contributed by atoms with van der Waals surface area (Å²) in [6.45, 7) is 1.49. The van der Waals surface area contributed by atoms with E-state index < -0.39 is 0 Å². The van der Waals surface area contributed by atoms with Crippen molar-refractivity contribution in [3.8, 4) is 0 Å².